The number of benzene rings is 2. The Hall–Kier alpha value is -3.71. The van der Waals surface area contributed by atoms with Crippen molar-refractivity contribution in [1.82, 2.24) is 19.4 Å². The Morgan fingerprint density at radius 1 is 1.13 bits per heavy atom. The second kappa shape index (κ2) is 7.52. The molecule has 0 amide bonds. The molecule has 1 fully saturated rings. The van der Waals surface area contributed by atoms with Crippen LogP contribution in [-0.2, 0) is 0 Å². The predicted molar refractivity (Wildman–Crippen MR) is 119 cm³/mol. The minimum absolute atomic E-state index is 0.0796. The lowest BCUT2D eigenvalue weighted by Crippen LogP contribution is -2.28. The Balaban J connectivity index is 1.62. The minimum Gasteiger partial charge on any atom is -0.478 e. The van der Waals surface area contributed by atoms with Crippen molar-refractivity contribution in [2.24, 2.45) is 0 Å². The zero-order valence-electron chi connectivity index (χ0n) is 17.1. The highest BCUT2D eigenvalue weighted by atomic mass is 16.4. The molecule has 1 aliphatic heterocycles. The predicted octanol–water partition coefficient (Wildman–Crippen LogP) is 3.40. The van der Waals surface area contributed by atoms with E-state index in [1.807, 2.05) is 41.8 Å². The van der Waals surface area contributed by atoms with Crippen molar-refractivity contribution in [3.8, 4) is 16.8 Å². The van der Waals surface area contributed by atoms with Gasteiger partial charge in [-0.15, -0.1) is 0 Å². The van der Waals surface area contributed by atoms with E-state index in [1.54, 1.807) is 35.0 Å². The van der Waals surface area contributed by atoms with E-state index >= 15 is 0 Å². The molecule has 0 radical (unpaired) electrons. The molecule has 0 saturated carbocycles. The van der Waals surface area contributed by atoms with Crippen LogP contribution in [0.1, 0.15) is 28.4 Å². The molecule has 0 bridgehead atoms. The lowest BCUT2D eigenvalue weighted by atomic mass is 10.0. The monoisotopic (exact) mass is 414 g/mol. The summed E-state index contributed by atoms with van der Waals surface area (Å²) in [6.45, 7) is 3.64. The number of carboxylic acid groups (broad SMARTS) is 1. The average molecular weight is 414 g/mol. The number of rotatable bonds is 4. The molecule has 7 heteroatoms. The first-order valence-electron chi connectivity index (χ1n) is 10.3. The summed E-state index contributed by atoms with van der Waals surface area (Å²) in [5.74, 6) is -0.945. The first kappa shape index (κ1) is 19.3. The van der Waals surface area contributed by atoms with E-state index < -0.39 is 5.97 Å². The van der Waals surface area contributed by atoms with Crippen LogP contribution in [0, 0.1) is 6.92 Å². The summed E-state index contributed by atoms with van der Waals surface area (Å²) in [6.07, 6.45) is 2.63. The first-order chi connectivity index (χ1) is 15.0. The molecule has 7 nitrogen and oxygen atoms in total. The van der Waals surface area contributed by atoms with Gasteiger partial charge in [0.25, 0.3) is 0 Å². The Labute approximate surface area is 178 Å². The summed E-state index contributed by atoms with van der Waals surface area (Å²) >= 11 is 0. The number of hydrogen-bond acceptors (Lipinski definition) is 4. The Kier molecular flexibility index (Phi) is 4.67. The zero-order chi connectivity index (χ0) is 21.5. The third-order valence-corrected chi connectivity index (χ3v) is 5.93. The van der Waals surface area contributed by atoms with Crippen LogP contribution in [0.2, 0.25) is 0 Å². The highest BCUT2D eigenvalue weighted by Gasteiger charge is 2.25. The van der Waals surface area contributed by atoms with Gasteiger partial charge in [-0.3, -0.25) is 9.13 Å². The Bertz CT molecular complexity index is 1350. The number of carboxylic acids is 1. The maximum atomic E-state index is 13.5. The summed E-state index contributed by atoms with van der Waals surface area (Å²) < 4.78 is 3.56. The van der Waals surface area contributed by atoms with Crippen molar-refractivity contribution in [3.63, 3.8) is 0 Å². The van der Waals surface area contributed by atoms with Crippen LogP contribution in [0.3, 0.4) is 0 Å². The van der Waals surface area contributed by atoms with Gasteiger partial charge in [0.1, 0.15) is 0 Å². The smallest absolute Gasteiger partial charge is 0.335 e. The number of nitrogens with zero attached hydrogens (tertiary/aromatic N) is 3. The summed E-state index contributed by atoms with van der Waals surface area (Å²) in [7, 11) is 0. The number of hydrogen-bond donors (Lipinski definition) is 2. The summed E-state index contributed by atoms with van der Waals surface area (Å²) in [5.41, 5.74) is 5.33. The first-order valence-corrected chi connectivity index (χ1v) is 10.3. The van der Waals surface area contributed by atoms with Crippen molar-refractivity contribution >= 4 is 17.1 Å². The standard InChI is InChI=1S/C24H22N4O3/c1-15-13-18(16-4-6-17(7-5-16)23(29)30)8-9-20(15)28-21-3-2-11-26-22(21)27(24(28)31)19-10-12-25-14-19/h2-9,11,13,19,25H,10,12,14H2,1H3,(H,29,30). The molecule has 5 rings (SSSR count). The second-order valence-electron chi connectivity index (χ2n) is 7.86. The molecular formula is C24H22N4O3. The van der Waals surface area contributed by atoms with Crippen LogP contribution in [0.5, 0.6) is 0 Å². The molecule has 1 aliphatic rings. The minimum atomic E-state index is -0.945. The van der Waals surface area contributed by atoms with Gasteiger partial charge in [-0.2, -0.15) is 0 Å². The van der Waals surface area contributed by atoms with Crippen molar-refractivity contribution in [2.45, 2.75) is 19.4 Å². The normalized spacial score (nSPS) is 16.1. The summed E-state index contributed by atoms with van der Waals surface area (Å²) in [4.78, 5) is 29.1. The van der Waals surface area contributed by atoms with Gasteiger partial charge in [0.05, 0.1) is 22.8 Å². The second-order valence-corrected chi connectivity index (χ2v) is 7.86. The van der Waals surface area contributed by atoms with Crippen LogP contribution in [0.25, 0.3) is 28.0 Å². The number of aryl methyl sites for hydroxylation is 1. The SMILES string of the molecule is Cc1cc(-c2ccc(C(=O)O)cc2)ccc1-n1c(=O)n(C2CCNC2)c2ncccc21. The number of imidazole rings is 1. The van der Waals surface area contributed by atoms with E-state index in [0.717, 1.165) is 47.4 Å². The lowest BCUT2D eigenvalue weighted by molar-refractivity contribution is 0.0697. The van der Waals surface area contributed by atoms with Crippen LogP contribution < -0.4 is 11.0 Å². The van der Waals surface area contributed by atoms with Crippen LogP contribution in [0.4, 0.5) is 0 Å². The quantitative estimate of drug-likeness (QED) is 0.534. The summed E-state index contributed by atoms with van der Waals surface area (Å²) in [5, 5.41) is 12.4. The molecule has 4 aromatic rings. The van der Waals surface area contributed by atoms with Gasteiger partial charge in [-0.05, 0) is 73.0 Å². The van der Waals surface area contributed by atoms with Crippen molar-refractivity contribution in [1.29, 1.82) is 0 Å². The average Bonchev–Trinajstić information content (AvgIpc) is 3.39. The third-order valence-electron chi connectivity index (χ3n) is 5.93. The van der Waals surface area contributed by atoms with Gasteiger partial charge in [0.2, 0.25) is 0 Å². The van der Waals surface area contributed by atoms with Gasteiger partial charge in [-0.1, -0.05) is 18.2 Å². The zero-order valence-corrected chi connectivity index (χ0v) is 17.1. The molecule has 1 saturated heterocycles. The fourth-order valence-electron chi connectivity index (χ4n) is 4.36. The van der Waals surface area contributed by atoms with E-state index in [1.165, 1.54) is 0 Å². The molecule has 3 heterocycles. The molecule has 1 atom stereocenters. The summed E-state index contributed by atoms with van der Waals surface area (Å²) in [6, 6.07) is 16.6. The molecule has 1 unspecified atom stereocenters. The molecule has 2 aromatic carbocycles. The number of aromatic nitrogens is 3. The van der Waals surface area contributed by atoms with E-state index in [4.69, 9.17) is 5.11 Å². The van der Waals surface area contributed by atoms with Gasteiger partial charge < -0.3 is 10.4 Å². The topological polar surface area (TPSA) is 89.1 Å². The Morgan fingerprint density at radius 3 is 2.58 bits per heavy atom. The number of nitrogens with one attached hydrogen (secondary N) is 1. The molecule has 156 valence electrons. The highest BCUT2D eigenvalue weighted by Crippen LogP contribution is 2.27. The van der Waals surface area contributed by atoms with Crippen molar-refractivity contribution < 1.29 is 9.90 Å². The van der Waals surface area contributed by atoms with E-state index in [0.29, 0.717) is 5.65 Å². The van der Waals surface area contributed by atoms with Crippen molar-refractivity contribution in [2.75, 3.05) is 13.1 Å². The molecule has 31 heavy (non-hydrogen) atoms. The largest absolute Gasteiger partial charge is 0.478 e. The maximum absolute atomic E-state index is 13.5. The Morgan fingerprint density at radius 2 is 1.90 bits per heavy atom. The van der Waals surface area contributed by atoms with Gasteiger partial charge >= 0.3 is 11.7 Å². The fourth-order valence-corrected chi connectivity index (χ4v) is 4.36. The number of pyridine rings is 1. The van der Waals surface area contributed by atoms with E-state index in [-0.39, 0.29) is 17.3 Å². The third kappa shape index (κ3) is 3.23. The van der Waals surface area contributed by atoms with Gasteiger partial charge in [0.15, 0.2) is 5.65 Å². The van der Waals surface area contributed by atoms with Crippen LogP contribution in [0.15, 0.2) is 65.6 Å². The molecule has 2 N–H and O–H groups in total. The fraction of sp³-hybridized carbons (Fsp3) is 0.208. The highest BCUT2D eigenvalue weighted by molar-refractivity contribution is 5.88. The van der Waals surface area contributed by atoms with Crippen LogP contribution >= 0.6 is 0 Å². The van der Waals surface area contributed by atoms with Gasteiger partial charge in [-0.25, -0.2) is 14.6 Å². The van der Waals surface area contributed by atoms with E-state index in [2.05, 4.69) is 10.3 Å². The van der Waals surface area contributed by atoms with E-state index in [9.17, 15) is 9.59 Å². The lowest BCUT2D eigenvalue weighted by Gasteiger charge is -2.11. The molecule has 0 spiro atoms. The molecular weight excluding hydrogens is 392 g/mol. The molecule has 2 aromatic heterocycles. The van der Waals surface area contributed by atoms with Crippen LogP contribution in [-0.4, -0.2) is 38.3 Å². The van der Waals surface area contributed by atoms with Crippen molar-refractivity contribution in [3.05, 3.63) is 82.4 Å². The van der Waals surface area contributed by atoms with Gasteiger partial charge in [0, 0.05) is 12.7 Å². The number of carbonyl (C=O) groups is 1. The maximum Gasteiger partial charge on any atom is 0.335 e. The number of aromatic carboxylic acids is 1. The molecule has 0 aliphatic carbocycles. The number of fused-ring (bicyclic) bond motifs is 1.